The van der Waals surface area contributed by atoms with E-state index in [1.54, 1.807) is 0 Å². The van der Waals surface area contributed by atoms with Crippen LogP contribution in [0.15, 0.2) is 0 Å². The van der Waals surface area contributed by atoms with Gasteiger partial charge in [-0.25, -0.2) is 0 Å². The molecule has 0 spiro atoms. The third kappa shape index (κ3) is 20.3. The normalized spacial score (nSPS) is 0. The summed E-state index contributed by atoms with van der Waals surface area (Å²) in [6.07, 6.45) is 0. The van der Waals surface area contributed by atoms with E-state index in [2.05, 4.69) is 0 Å². The molecule has 0 bridgehead atoms. The van der Waals surface area contributed by atoms with E-state index in [-0.39, 0.29) is 88.8 Å². The maximum Gasteiger partial charge on any atom is 0 e. The average Bonchev–Trinajstić information content (AvgIpc) is 0. The standard InChI is InChI=1S/Al.Cu.H3Si.Sn.Zn.4H/h;;1H3;;;;;;. The van der Waals surface area contributed by atoms with Crippen LogP contribution in [0.4, 0.5) is 0 Å². The summed E-state index contributed by atoms with van der Waals surface area (Å²) in [4.78, 5) is 0. The van der Waals surface area contributed by atoms with Gasteiger partial charge < -0.3 is 0 Å². The molecule has 5 radical (unpaired) electrons. The summed E-state index contributed by atoms with van der Waals surface area (Å²) in [5.74, 6) is 0. The van der Waals surface area contributed by atoms with Crippen molar-refractivity contribution in [2.45, 2.75) is 0 Å². The molecule has 0 aliphatic heterocycles. The molecule has 0 aromatic carbocycles. The molecule has 0 saturated heterocycles. The Morgan fingerprint density at radius 3 is 1.00 bits per heavy atom. The summed E-state index contributed by atoms with van der Waals surface area (Å²) in [7, 11) is 0. The molecule has 0 fully saturated rings. The Balaban J connectivity index is 0. The maximum atomic E-state index is 0. The van der Waals surface area contributed by atoms with Gasteiger partial charge in [0.15, 0.2) is 17.4 Å². The van der Waals surface area contributed by atoms with Gasteiger partial charge >= 0.3 is 23.9 Å². The Morgan fingerprint density at radius 2 is 1.00 bits per heavy atom. The van der Waals surface area contributed by atoms with Crippen LogP contribution in [-0.2, 0) is 36.5 Å². The number of hydrogen-bond donors (Lipinski definition) is 0. The minimum atomic E-state index is 0. The predicted molar refractivity (Wildman–Crippen MR) is 27.0 cm³/mol. The first-order valence-corrected chi connectivity index (χ1v) is 0. The molecule has 5 heteroatoms. The molecular formula is H7AlCuSiSnZn. The zero-order valence-electron chi connectivity index (χ0n) is 2.59. The molecule has 0 aromatic rings. The minimum absolute atomic E-state index is 0. The van der Waals surface area contributed by atoms with E-state index in [4.69, 9.17) is 0 Å². The molecule has 5 heavy (non-hydrogen) atoms. The van der Waals surface area contributed by atoms with Crippen molar-refractivity contribution < 1.29 is 36.5 Å². The first-order valence-electron chi connectivity index (χ1n) is 0. The summed E-state index contributed by atoms with van der Waals surface area (Å²) in [5.41, 5.74) is 0. The van der Waals surface area contributed by atoms with Crippen LogP contribution >= 0.6 is 0 Å². The third-order valence-corrected chi connectivity index (χ3v) is 0. The van der Waals surface area contributed by atoms with E-state index in [0.717, 1.165) is 0 Å². The van der Waals surface area contributed by atoms with E-state index < -0.39 is 0 Å². The summed E-state index contributed by atoms with van der Waals surface area (Å²) in [5, 5.41) is 0. The van der Waals surface area contributed by atoms with Crippen LogP contribution in [0.1, 0.15) is 0 Å². The van der Waals surface area contributed by atoms with Crippen LogP contribution < -0.4 is 0 Å². The quantitative estimate of drug-likeness (QED) is 0.418. The number of hydrogen-bond acceptors (Lipinski definition) is 0. The van der Waals surface area contributed by atoms with Crippen molar-refractivity contribution in [3.8, 4) is 0 Å². The SMILES string of the molecule is [AlH3].[Cu].[SiH3].[SnH].[Zn]. The van der Waals surface area contributed by atoms with Crippen molar-refractivity contribution in [1.29, 1.82) is 0 Å². The molecule has 0 rings (SSSR count). The van der Waals surface area contributed by atoms with E-state index in [9.17, 15) is 0 Å². The first kappa shape index (κ1) is 47.5. The average molecular weight is 310 g/mol. The molecule has 0 N–H and O–H groups in total. The van der Waals surface area contributed by atoms with E-state index in [1.807, 2.05) is 0 Å². The van der Waals surface area contributed by atoms with Gasteiger partial charge in [-0.1, -0.05) is 0 Å². The Bertz CT molecular complexity index is 11.6. The van der Waals surface area contributed by atoms with Crippen LogP contribution in [0.5, 0.6) is 0 Å². The predicted octanol–water partition coefficient (Wildman–Crippen LogP) is -3.02. The van der Waals surface area contributed by atoms with Crippen LogP contribution in [0.3, 0.4) is 0 Å². The van der Waals surface area contributed by atoms with Crippen molar-refractivity contribution >= 4 is 52.2 Å². The molecule has 0 aliphatic rings. The van der Waals surface area contributed by atoms with Crippen molar-refractivity contribution in [3.05, 3.63) is 0 Å². The zero-order valence-corrected chi connectivity index (χ0v) is 11.8. The Labute approximate surface area is 87.6 Å². The fraction of sp³-hybridized carbons (Fsp3) is 0. The van der Waals surface area contributed by atoms with Gasteiger partial charge in [-0.3, -0.25) is 0 Å². The van der Waals surface area contributed by atoms with Gasteiger partial charge in [0.2, 0.25) is 0 Å². The fourth-order valence-corrected chi connectivity index (χ4v) is 0. The summed E-state index contributed by atoms with van der Waals surface area (Å²) in [6.45, 7) is 0. The van der Waals surface area contributed by atoms with Crippen molar-refractivity contribution in [2.24, 2.45) is 0 Å². The molecule has 0 aromatic heterocycles. The second-order valence-electron chi connectivity index (χ2n) is 0. The summed E-state index contributed by atoms with van der Waals surface area (Å²) in [6, 6.07) is 0. The van der Waals surface area contributed by atoms with Crippen LogP contribution in [-0.4, -0.2) is 52.2 Å². The van der Waals surface area contributed by atoms with Crippen LogP contribution in [0, 0.1) is 0 Å². The third-order valence-electron chi connectivity index (χ3n) is 0. The Kier molecular flexibility index (Phi) is 285. The molecule has 31 valence electrons. The molecule has 0 nitrogen and oxygen atoms in total. The van der Waals surface area contributed by atoms with Gasteiger partial charge in [0.1, 0.15) is 0 Å². The monoisotopic (exact) mass is 309 g/mol. The second kappa shape index (κ2) is 29.9. The molecule has 0 aliphatic carbocycles. The van der Waals surface area contributed by atoms with E-state index in [1.165, 1.54) is 0 Å². The molecule has 0 saturated carbocycles. The smallest absolute Gasteiger partial charge is 0 e. The van der Waals surface area contributed by atoms with Crippen LogP contribution in [0.25, 0.3) is 0 Å². The molecule has 0 unspecified atom stereocenters. The van der Waals surface area contributed by atoms with Crippen molar-refractivity contribution in [3.63, 3.8) is 0 Å². The van der Waals surface area contributed by atoms with Crippen molar-refractivity contribution in [2.75, 3.05) is 0 Å². The molecule has 0 atom stereocenters. The maximum absolute atomic E-state index is 0. The topological polar surface area (TPSA) is 0 Å². The number of rotatable bonds is 0. The summed E-state index contributed by atoms with van der Waals surface area (Å²) < 4.78 is 0. The fourth-order valence-electron chi connectivity index (χ4n) is 0. The summed E-state index contributed by atoms with van der Waals surface area (Å²) >= 11 is 0. The molecular weight excluding hydrogens is 303 g/mol. The Hall–Kier alpha value is 2.69. The molecule has 0 amide bonds. The van der Waals surface area contributed by atoms with Gasteiger partial charge in [-0.05, 0) is 11.0 Å². The first-order chi connectivity index (χ1) is 0. The van der Waals surface area contributed by atoms with E-state index >= 15 is 0 Å². The zero-order chi connectivity index (χ0) is 0. The van der Waals surface area contributed by atoms with Gasteiger partial charge in [-0.15, -0.1) is 0 Å². The largest absolute Gasteiger partial charge is 0 e. The van der Waals surface area contributed by atoms with Gasteiger partial charge in [-0.2, -0.15) is 0 Å². The minimum Gasteiger partial charge on any atom is 0 e. The molecule has 0 heterocycles. The van der Waals surface area contributed by atoms with Gasteiger partial charge in [0.05, 0.1) is 0 Å². The van der Waals surface area contributed by atoms with Crippen LogP contribution in [0.2, 0.25) is 0 Å². The van der Waals surface area contributed by atoms with Crippen molar-refractivity contribution in [1.82, 2.24) is 0 Å². The van der Waals surface area contributed by atoms with Gasteiger partial charge in [0.25, 0.3) is 0 Å². The van der Waals surface area contributed by atoms with E-state index in [0.29, 0.717) is 0 Å². The second-order valence-corrected chi connectivity index (χ2v) is 0. The Morgan fingerprint density at radius 1 is 1.00 bits per heavy atom. The van der Waals surface area contributed by atoms with Gasteiger partial charge in [0, 0.05) is 36.5 Å².